The first-order valence-corrected chi connectivity index (χ1v) is 5.15. The maximum absolute atomic E-state index is 6.17. The third kappa shape index (κ3) is 1.56. The van der Waals surface area contributed by atoms with Crippen molar-refractivity contribution >= 4 is 0 Å². The van der Waals surface area contributed by atoms with Crippen molar-refractivity contribution in [1.82, 2.24) is 0 Å². The summed E-state index contributed by atoms with van der Waals surface area (Å²) in [7, 11) is 0. The highest BCUT2D eigenvalue weighted by molar-refractivity contribution is 5.31. The Morgan fingerprint density at radius 3 is 2.79 bits per heavy atom. The van der Waals surface area contributed by atoms with Gasteiger partial charge in [0.05, 0.1) is 18.8 Å². The fourth-order valence-corrected chi connectivity index (χ4v) is 2.06. The summed E-state index contributed by atoms with van der Waals surface area (Å²) in [5.41, 5.74) is 8.65. The summed E-state index contributed by atoms with van der Waals surface area (Å²) in [5, 5.41) is 0. The number of nitrogens with two attached hydrogens (primary N) is 1. The van der Waals surface area contributed by atoms with E-state index in [4.69, 9.17) is 10.5 Å². The smallest absolute Gasteiger partial charge is 0.0795 e. The van der Waals surface area contributed by atoms with Crippen LogP contribution in [0.25, 0.3) is 0 Å². The Morgan fingerprint density at radius 1 is 1.36 bits per heavy atom. The van der Waals surface area contributed by atoms with Gasteiger partial charge in [0.25, 0.3) is 0 Å². The van der Waals surface area contributed by atoms with Gasteiger partial charge in [-0.3, -0.25) is 0 Å². The van der Waals surface area contributed by atoms with Crippen molar-refractivity contribution < 1.29 is 4.74 Å². The van der Waals surface area contributed by atoms with Gasteiger partial charge in [-0.15, -0.1) is 0 Å². The first-order chi connectivity index (χ1) is 6.70. The van der Waals surface area contributed by atoms with Crippen LogP contribution in [0.2, 0.25) is 0 Å². The zero-order chi connectivity index (χ0) is 10.1. The first-order valence-electron chi connectivity index (χ1n) is 5.15. The zero-order valence-electron chi connectivity index (χ0n) is 8.73. The summed E-state index contributed by atoms with van der Waals surface area (Å²) in [6.07, 6.45) is 0.157. The summed E-state index contributed by atoms with van der Waals surface area (Å²) in [4.78, 5) is 0. The van der Waals surface area contributed by atoms with Crippen LogP contribution in [0.5, 0.6) is 0 Å². The second kappa shape index (κ2) is 3.71. The van der Waals surface area contributed by atoms with E-state index in [2.05, 4.69) is 26.0 Å². The molecule has 2 atom stereocenters. The number of hydrogen-bond donors (Lipinski definition) is 1. The van der Waals surface area contributed by atoms with E-state index in [0.717, 1.165) is 0 Å². The molecule has 76 valence electrons. The fraction of sp³-hybridized carbons (Fsp3) is 0.500. The molecule has 14 heavy (non-hydrogen) atoms. The fourth-order valence-electron chi connectivity index (χ4n) is 2.06. The minimum Gasteiger partial charge on any atom is -0.371 e. The predicted octanol–water partition coefficient (Wildman–Crippen LogP) is 2.24. The van der Waals surface area contributed by atoms with E-state index < -0.39 is 0 Å². The summed E-state index contributed by atoms with van der Waals surface area (Å²) < 4.78 is 5.75. The van der Waals surface area contributed by atoms with Crippen LogP contribution < -0.4 is 5.73 Å². The maximum Gasteiger partial charge on any atom is 0.0795 e. The Labute approximate surface area is 85.1 Å². The average molecular weight is 191 g/mol. The lowest BCUT2D eigenvalue weighted by molar-refractivity contribution is -0.0194. The van der Waals surface area contributed by atoms with Gasteiger partial charge in [-0.1, -0.05) is 38.1 Å². The minimum atomic E-state index is 0.0277. The van der Waals surface area contributed by atoms with Crippen molar-refractivity contribution in [2.24, 2.45) is 11.7 Å². The summed E-state index contributed by atoms with van der Waals surface area (Å²) in [5.74, 6) is 0.471. The van der Waals surface area contributed by atoms with E-state index in [1.165, 1.54) is 11.1 Å². The topological polar surface area (TPSA) is 35.2 Å². The van der Waals surface area contributed by atoms with Crippen molar-refractivity contribution in [1.29, 1.82) is 0 Å². The van der Waals surface area contributed by atoms with Gasteiger partial charge >= 0.3 is 0 Å². The summed E-state index contributed by atoms with van der Waals surface area (Å²) >= 11 is 0. The molecule has 0 fully saturated rings. The highest BCUT2D eigenvalue weighted by Crippen LogP contribution is 2.30. The van der Waals surface area contributed by atoms with Crippen LogP contribution in [0.3, 0.4) is 0 Å². The van der Waals surface area contributed by atoms with E-state index in [0.29, 0.717) is 12.5 Å². The van der Waals surface area contributed by atoms with Gasteiger partial charge in [0.1, 0.15) is 0 Å². The van der Waals surface area contributed by atoms with Gasteiger partial charge in [-0.25, -0.2) is 0 Å². The number of ether oxygens (including phenoxy) is 1. The van der Waals surface area contributed by atoms with Gasteiger partial charge < -0.3 is 10.5 Å². The van der Waals surface area contributed by atoms with E-state index in [1.54, 1.807) is 0 Å². The molecule has 0 amide bonds. The van der Waals surface area contributed by atoms with E-state index >= 15 is 0 Å². The number of fused-ring (bicyclic) bond motifs is 1. The van der Waals surface area contributed by atoms with Crippen molar-refractivity contribution in [2.75, 3.05) is 0 Å². The Kier molecular flexibility index (Phi) is 2.57. The molecule has 2 N–H and O–H groups in total. The number of hydrogen-bond acceptors (Lipinski definition) is 2. The van der Waals surface area contributed by atoms with Crippen LogP contribution in [0.1, 0.15) is 31.0 Å². The van der Waals surface area contributed by atoms with E-state index in [1.807, 2.05) is 12.1 Å². The van der Waals surface area contributed by atoms with Crippen LogP contribution in [0.15, 0.2) is 24.3 Å². The molecule has 2 rings (SSSR count). The minimum absolute atomic E-state index is 0.0277. The second-order valence-corrected chi connectivity index (χ2v) is 4.24. The van der Waals surface area contributed by atoms with Crippen molar-refractivity contribution in [3.63, 3.8) is 0 Å². The zero-order valence-corrected chi connectivity index (χ0v) is 8.73. The molecule has 0 saturated carbocycles. The van der Waals surface area contributed by atoms with Crippen LogP contribution in [-0.4, -0.2) is 6.10 Å². The molecular weight excluding hydrogens is 174 g/mol. The molecule has 1 heterocycles. The molecule has 0 aromatic heterocycles. The van der Waals surface area contributed by atoms with Crippen molar-refractivity contribution in [3.8, 4) is 0 Å². The Hall–Kier alpha value is -0.860. The lowest BCUT2D eigenvalue weighted by atomic mass is 9.89. The van der Waals surface area contributed by atoms with Crippen LogP contribution in [-0.2, 0) is 11.3 Å². The Balaban J connectivity index is 2.31. The van der Waals surface area contributed by atoms with E-state index in [9.17, 15) is 0 Å². The molecule has 0 unspecified atom stereocenters. The predicted molar refractivity (Wildman–Crippen MR) is 56.8 cm³/mol. The first kappa shape index (κ1) is 9.69. The monoisotopic (exact) mass is 191 g/mol. The summed E-state index contributed by atoms with van der Waals surface area (Å²) in [6, 6.07) is 8.30. The number of benzene rings is 1. The van der Waals surface area contributed by atoms with Gasteiger partial charge in [-0.2, -0.15) is 0 Å². The molecule has 1 aliphatic rings. The lowest BCUT2D eigenvalue weighted by Crippen LogP contribution is -2.37. The third-order valence-electron chi connectivity index (χ3n) is 2.86. The van der Waals surface area contributed by atoms with Gasteiger partial charge in [0.15, 0.2) is 0 Å². The molecule has 1 aromatic carbocycles. The SMILES string of the molecule is CC(C)[C@@H]1OCc2ccccc2[C@@H]1N. The maximum atomic E-state index is 6.17. The molecule has 0 bridgehead atoms. The molecule has 0 saturated heterocycles. The molecule has 1 aliphatic heterocycles. The Morgan fingerprint density at radius 2 is 2.07 bits per heavy atom. The standard InChI is InChI=1S/C12H17NO/c1-8(2)12-11(13)10-6-4-3-5-9(10)7-14-12/h3-6,8,11-12H,7,13H2,1-2H3/t11-,12-/m0/s1. The van der Waals surface area contributed by atoms with Gasteiger partial charge in [0, 0.05) is 0 Å². The largest absolute Gasteiger partial charge is 0.371 e. The lowest BCUT2D eigenvalue weighted by Gasteiger charge is -2.33. The van der Waals surface area contributed by atoms with Crippen LogP contribution in [0, 0.1) is 5.92 Å². The normalized spacial score (nSPS) is 26.3. The quantitative estimate of drug-likeness (QED) is 0.739. The number of rotatable bonds is 1. The molecule has 0 spiro atoms. The second-order valence-electron chi connectivity index (χ2n) is 4.24. The van der Waals surface area contributed by atoms with Crippen LogP contribution in [0.4, 0.5) is 0 Å². The van der Waals surface area contributed by atoms with Crippen molar-refractivity contribution in [3.05, 3.63) is 35.4 Å². The molecule has 2 heteroatoms. The van der Waals surface area contributed by atoms with Gasteiger partial charge in [0.2, 0.25) is 0 Å². The summed E-state index contributed by atoms with van der Waals surface area (Å²) in [6.45, 7) is 5.00. The molecule has 0 radical (unpaired) electrons. The molecule has 1 aromatic rings. The highest BCUT2D eigenvalue weighted by atomic mass is 16.5. The van der Waals surface area contributed by atoms with Gasteiger partial charge in [-0.05, 0) is 17.0 Å². The van der Waals surface area contributed by atoms with Crippen molar-refractivity contribution in [2.45, 2.75) is 32.6 Å². The van der Waals surface area contributed by atoms with Crippen LogP contribution >= 0.6 is 0 Å². The average Bonchev–Trinajstić information content (AvgIpc) is 2.18. The molecular formula is C12H17NO. The van der Waals surface area contributed by atoms with E-state index in [-0.39, 0.29) is 12.1 Å². The molecule has 2 nitrogen and oxygen atoms in total. The molecule has 0 aliphatic carbocycles. The Bertz CT molecular complexity index is 322. The third-order valence-corrected chi connectivity index (χ3v) is 2.86. The highest BCUT2D eigenvalue weighted by Gasteiger charge is 2.29.